The number of carbonyl (C=O) groups excluding carboxylic acids is 4. The van der Waals surface area contributed by atoms with Crippen LogP contribution < -0.4 is 20.3 Å². The van der Waals surface area contributed by atoms with Crippen molar-refractivity contribution in [1.82, 2.24) is 5.32 Å². The summed E-state index contributed by atoms with van der Waals surface area (Å²) in [7, 11) is 0. The SMILES string of the molecule is CC(=O)Oc1ccc(N2C(=O)[C@H]3[C@H](CO)N[C@]4(C(=O)Nc5ccccc54)[C@@H]3C2=O)cc1. The smallest absolute Gasteiger partial charge is 0.308 e. The highest BCUT2D eigenvalue weighted by molar-refractivity contribution is 6.25. The molecule has 3 aliphatic rings. The Morgan fingerprint density at radius 2 is 1.81 bits per heavy atom. The molecule has 2 fully saturated rings. The summed E-state index contributed by atoms with van der Waals surface area (Å²) in [6, 6.07) is 12.2. The lowest BCUT2D eigenvalue weighted by molar-refractivity contribution is -0.132. The van der Waals surface area contributed by atoms with Crippen molar-refractivity contribution in [1.29, 1.82) is 0 Å². The standard InChI is InChI=1S/C22H19N3O6/c1-11(27)31-13-8-6-12(7-9-13)25-19(28)17-16(10-26)24-22(18(17)20(25)29)14-4-2-3-5-15(14)23-21(22)30/h2-9,16-18,24,26H,10H2,1H3,(H,23,30)/t16-,17-,18-,22-/m0/s1. The largest absolute Gasteiger partial charge is 0.427 e. The molecule has 9 nitrogen and oxygen atoms in total. The monoisotopic (exact) mass is 421 g/mol. The fourth-order valence-corrected chi connectivity index (χ4v) is 5.00. The summed E-state index contributed by atoms with van der Waals surface area (Å²) in [4.78, 5) is 52.2. The zero-order valence-electron chi connectivity index (χ0n) is 16.5. The minimum absolute atomic E-state index is 0.283. The van der Waals surface area contributed by atoms with Crippen LogP contribution in [0.4, 0.5) is 11.4 Å². The quantitative estimate of drug-likeness (QED) is 0.375. The molecule has 0 aliphatic carbocycles. The highest BCUT2D eigenvalue weighted by Crippen LogP contribution is 2.53. The van der Waals surface area contributed by atoms with E-state index in [1.807, 2.05) is 0 Å². The number of aliphatic hydroxyl groups is 1. The molecule has 3 aliphatic heterocycles. The van der Waals surface area contributed by atoms with Crippen LogP contribution in [0, 0.1) is 11.8 Å². The average Bonchev–Trinajstić information content (AvgIpc) is 3.33. The van der Waals surface area contributed by atoms with Crippen molar-refractivity contribution in [3.05, 3.63) is 54.1 Å². The molecule has 3 N–H and O–H groups in total. The zero-order valence-corrected chi connectivity index (χ0v) is 16.5. The van der Waals surface area contributed by atoms with Crippen molar-refractivity contribution in [2.45, 2.75) is 18.5 Å². The Morgan fingerprint density at radius 3 is 2.48 bits per heavy atom. The lowest BCUT2D eigenvalue weighted by Gasteiger charge is -2.29. The van der Waals surface area contributed by atoms with Crippen LogP contribution in [0.25, 0.3) is 0 Å². The van der Waals surface area contributed by atoms with Crippen molar-refractivity contribution in [3.8, 4) is 5.75 Å². The molecule has 1 spiro atoms. The third kappa shape index (κ3) is 2.57. The van der Waals surface area contributed by atoms with E-state index in [9.17, 15) is 24.3 Å². The number of amides is 3. The van der Waals surface area contributed by atoms with Crippen molar-refractivity contribution in [2.24, 2.45) is 11.8 Å². The van der Waals surface area contributed by atoms with Crippen LogP contribution in [0.2, 0.25) is 0 Å². The third-order valence-corrected chi connectivity index (χ3v) is 6.18. The van der Waals surface area contributed by atoms with Gasteiger partial charge >= 0.3 is 5.97 Å². The summed E-state index contributed by atoms with van der Waals surface area (Å²) in [5, 5.41) is 15.8. The van der Waals surface area contributed by atoms with Gasteiger partial charge in [0.15, 0.2) is 0 Å². The number of ether oxygens (including phenoxy) is 1. The van der Waals surface area contributed by atoms with E-state index >= 15 is 0 Å². The molecular formula is C22H19N3O6. The van der Waals surface area contributed by atoms with Gasteiger partial charge < -0.3 is 15.2 Å². The average molecular weight is 421 g/mol. The Morgan fingerprint density at radius 1 is 1.10 bits per heavy atom. The topological polar surface area (TPSA) is 125 Å². The summed E-state index contributed by atoms with van der Waals surface area (Å²) in [6.45, 7) is 0.866. The van der Waals surface area contributed by atoms with Crippen LogP contribution in [-0.4, -0.2) is 41.4 Å². The molecule has 0 radical (unpaired) electrons. The van der Waals surface area contributed by atoms with E-state index in [0.29, 0.717) is 16.9 Å². The number of carbonyl (C=O) groups is 4. The van der Waals surface area contributed by atoms with E-state index in [2.05, 4.69) is 10.6 Å². The first-order valence-corrected chi connectivity index (χ1v) is 9.84. The molecule has 0 saturated carbocycles. The lowest BCUT2D eigenvalue weighted by atomic mass is 9.76. The zero-order chi connectivity index (χ0) is 21.9. The molecular weight excluding hydrogens is 402 g/mol. The summed E-state index contributed by atoms with van der Waals surface area (Å²) in [5.74, 6) is -3.54. The van der Waals surface area contributed by atoms with Crippen LogP contribution in [0.5, 0.6) is 5.75 Å². The van der Waals surface area contributed by atoms with Gasteiger partial charge in [0.25, 0.3) is 0 Å². The van der Waals surface area contributed by atoms with E-state index in [1.165, 1.54) is 31.2 Å². The first-order chi connectivity index (χ1) is 14.9. The third-order valence-electron chi connectivity index (χ3n) is 6.18. The lowest BCUT2D eigenvalue weighted by Crippen LogP contribution is -2.53. The number of nitrogens with zero attached hydrogens (tertiary/aromatic N) is 1. The molecule has 0 bridgehead atoms. The van der Waals surface area contributed by atoms with E-state index in [1.54, 1.807) is 24.3 Å². The highest BCUT2D eigenvalue weighted by Gasteiger charge is 2.70. The Kier molecular flexibility index (Phi) is 4.21. The number of anilines is 2. The van der Waals surface area contributed by atoms with Crippen LogP contribution in [0.1, 0.15) is 12.5 Å². The predicted octanol–water partition coefficient (Wildman–Crippen LogP) is 0.529. The van der Waals surface area contributed by atoms with Gasteiger partial charge in [-0.25, -0.2) is 4.90 Å². The van der Waals surface area contributed by atoms with Crippen LogP contribution in [-0.2, 0) is 24.7 Å². The van der Waals surface area contributed by atoms with Gasteiger partial charge in [0.2, 0.25) is 17.7 Å². The second-order valence-electron chi connectivity index (χ2n) is 7.84. The van der Waals surface area contributed by atoms with Gasteiger partial charge in [-0.1, -0.05) is 18.2 Å². The Bertz CT molecular complexity index is 1130. The minimum atomic E-state index is -1.44. The molecule has 2 aromatic rings. The second-order valence-corrected chi connectivity index (χ2v) is 7.84. The fourth-order valence-electron chi connectivity index (χ4n) is 5.00. The van der Waals surface area contributed by atoms with Crippen LogP contribution in [0.3, 0.4) is 0 Å². The van der Waals surface area contributed by atoms with Gasteiger partial charge in [0.1, 0.15) is 11.3 Å². The van der Waals surface area contributed by atoms with Crippen LogP contribution in [0.15, 0.2) is 48.5 Å². The van der Waals surface area contributed by atoms with Gasteiger partial charge in [0.05, 0.1) is 24.1 Å². The van der Waals surface area contributed by atoms with E-state index < -0.39 is 53.7 Å². The molecule has 9 heteroatoms. The first-order valence-electron chi connectivity index (χ1n) is 9.84. The summed E-state index contributed by atoms with van der Waals surface area (Å²) in [6.07, 6.45) is 0. The molecule has 4 atom stereocenters. The number of benzene rings is 2. The minimum Gasteiger partial charge on any atom is -0.427 e. The van der Waals surface area contributed by atoms with E-state index in [0.717, 1.165) is 4.90 Å². The molecule has 31 heavy (non-hydrogen) atoms. The maximum atomic E-state index is 13.6. The van der Waals surface area contributed by atoms with Crippen molar-refractivity contribution in [2.75, 3.05) is 16.8 Å². The van der Waals surface area contributed by atoms with Gasteiger partial charge in [-0.2, -0.15) is 0 Å². The molecule has 2 saturated heterocycles. The molecule has 5 rings (SSSR count). The van der Waals surface area contributed by atoms with E-state index in [4.69, 9.17) is 4.74 Å². The molecule has 3 amide bonds. The first kappa shape index (κ1) is 19.4. The normalized spacial score (nSPS) is 28.6. The van der Waals surface area contributed by atoms with Gasteiger partial charge in [0, 0.05) is 24.2 Å². The highest BCUT2D eigenvalue weighted by atomic mass is 16.5. The number of hydrogen-bond donors (Lipinski definition) is 3. The molecule has 2 aromatic carbocycles. The van der Waals surface area contributed by atoms with Crippen LogP contribution >= 0.6 is 0 Å². The number of aliphatic hydroxyl groups excluding tert-OH is 1. The molecule has 158 valence electrons. The summed E-state index contributed by atoms with van der Waals surface area (Å²) in [5.41, 5.74) is 0.0214. The Hall–Kier alpha value is -3.56. The number of para-hydroxylation sites is 1. The number of fused-ring (bicyclic) bond motifs is 4. The number of imide groups is 1. The molecule has 3 heterocycles. The maximum Gasteiger partial charge on any atom is 0.308 e. The maximum absolute atomic E-state index is 13.6. The molecule has 0 aromatic heterocycles. The predicted molar refractivity (Wildman–Crippen MR) is 108 cm³/mol. The van der Waals surface area contributed by atoms with Gasteiger partial charge in [-0.3, -0.25) is 24.5 Å². The van der Waals surface area contributed by atoms with E-state index in [-0.39, 0.29) is 5.75 Å². The van der Waals surface area contributed by atoms with Crippen molar-refractivity contribution >= 4 is 35.1 Å². The van der Waals surface area contributed by atoms with Crippen molar-refractivity contribution in [3.63, 3.8) is 0 Å². The Labute approximate surface area is 177 Å². The fraction of sp³-hybridized carbons (Fsp3) is 0.273. The number of esters is 1. The number of hydrogen-bond acceptors (Lipinski definition) is 7. The summed E-state index contributed by atoms with van der Waals surface area (Å²) >= 11 is 0. The van der Waals surface area contributed by atoms with Crippen molar-refractivity contribution < 1.29 is 29.0 Å². The molecule has 0 unspecified atom stereocenters. The summed E-state index contributed by atoms with van der Waals surface area (Å²) < 4.78 is 5.00. The number of rotatable bonds is 3. The number of nitrogens with one attached hydrogen (secondary N) is 2. The van der Waals surface area contributed by atoms with Gasteiger partial charge in [-0.15, -0.1) is 0 Å². The van der Waals surface area contributed by atoms with Gasteiger partial charge in [-0.05, 0) is 30.3 Å². The second kappa shape index (κ2) is 6.73. The Balaban J connectivity index is 1.58.